The average molecular weight is 494 g/mol. The number of carbonyl (C=O) groups is 1. The summed E-state index contributed by atoms with van der Waals surface area (Å²) in [5.41, 5.74) is -0.199. The van der Waals surface area contributed by atoms with Crippen LogP contribution in [0.1, 0.15) is 11.1 Å². The van der Waals surface area contributed by atoms with E-state index in [1.165, 1.54) is 23.9 Å². The molecule has 0 aliphatic heterocycles. The molecule has 0 aliphatic carbocycles. The molecule has 0 aliphatic rings. The van der Waals surface area contributed by atoms with Gasteiger partial charge in [0.25, 0.3) is 5.91 Å². The van der Waals surface area contributed by atoms with E-state index in [1.54, 1.807) is 18.2 Å². The highest BCUT2D eigenvalue weighted by molar-refractivity contribution is 8.00. The van der Waals surface area contributed by atoms with Gasteiger partial charge in [-0.25, -0.2) is 0 Å². The first-order chi connectivity index (χ1) is 14.2. The highest BCUT2D eigenvalue weighted by Crippen LogP contribution is 2.32. The van der Waals surface area contributed by atoms with Gasteiger partial charge in [0.05, 0.1) is 10.6 Å². The van der Waals surface area contributed by atoms with Gasteiger partial charge in [0.1, 0.15) is 5.75 Å². The van der Waals surface area contributed by atoms with Crippen molar-refractivity contribution in [1.82, 2.24) is 10.2 Å². The lowest BCUT2D eigenvalue weighted by Gasteiger charge is -2.08. The topological polar surface area (TPSA) is 64.1 Å². The van der Waals surface area contributed by atoms with E-state index in [1.807, 2.05) is 0 Å². The fourth-order valence-electron chi connectivity index (χ4n) is 2.19. The number of nitrogens with zero attached hydrogens (tertiary/aromatic N) is 2. The summed E-state index contributed by atoms with van der Waals surface area (Å²) in [7, 11) is 0. The second-order valence-electron chi connectivity index (χ2n) is 5.77. The minimum atomic E-state index is -4.39. The minimum absolute atomic E-state index is 0.248. The van der Waals surface area contributed by atoms with Gasteiger partial charge in [-0.15, -0.1) is 10.2 Å². The zero-order valence-corrected chi connectivity index (χ0v) is 18.0. The highest BCUT2D eigenvalue weighted by atomic mass is 35.5. The number of aromatic nitrogens is 2. The fourth-order valence-corrected chi connectivity index (χ4v) is 4.37. The van der Waals surface area contributed by atoms with Crippen molar-refractivity contribution >= 4 is 57.3 Å². The normalized spacial score (nSPS) is 11.4. The van der Waals surface area contributed by atoms with Crippen LogP contribution in [0.3, 0.4) is 0 Å². The number of carbonyl (C=O) groups excluding carboxylic acids is 1. The number of thioether (sulfide) groups is 1. The maximum absolute atomic E-state index is 12.8. The molecule has 1 heterocycles. The SMILES string of the molecule is O=C(COc1ccc(Cl)cc1Cl)Nc1nnc(SCc2cccc(C(F)(F)F)c2)s1. The van der Waals surface area contributed by atoms with Crippen molar-refractivity contribution < 1.29 is 22.7 Å². The summed E-state index contributed by atoms with van der Waals surface area (Å²) in [6, 6.07) is 9.70. The Kier molecular flexibility index (Phi) is 7.45. The first kappa shape index (κ1) is 22.7. The summed E-state index contributed by atoms with van der Waals surface area (Å²) < 4.78 is 44.2. The van der Waals surface area contributed by atoms with Gasteiger partial charge in [-0.3, -0.25) is 10.1 Å². The molecular weight excluding hydrogens is 482 g/mol. The van der Waals surface area contributed by atoms with Gasteiger partial charge in [0.2, 0.25) is 5.13 Å². The zero-order valence-electron chi connectivity index (χ0n) is 14.9. The van der Waals surface area contributed by atoms with Crippen LogP contribution in [-0.2, 0) is 16.7 Å². The van der Waals surface area contributed by atoms with Crippen molar-refractivity contribution in [3.05, 3.63) is 63.6 Å². The van der Waals surface area contributed by atoms with E-state index in [9.17, 15) is 18.0 Å². The predicted octanol–water partition coefficient (Wildman–Crippen LogP) is 6.17. The molecule has 2 aromatic carbocycles. The number of nitrogens with one attached hydrogen (secondary N) is 1. The number of hydrogen-bond donors (Lipinski definition) is 1. The number of benzene rings is 2. The Bertz CT molecular complexity index is 1050. The number of amides is 1. The number of halogens is 5. The molecule has 3 aromatic rings. The largest absolute Gasteiger partial charge is 0.482 e. The van der Waals surface area contributed by atoms with Crippen molar-refractivity contribution in [3.63, 3.8) is 0 Å². The van der Waals surface area contributed by atoms with E-state index in [2.05, 4.69) is 15.5 Å². The Morgan fingerprint density at radius 1 is 1.17 bits per heavy atom. The van der Waals surface area contributed by atoms with Crippen molar-refractivity contribution in [2.24, 2.45) is 0 Å². The number of anilines is 1. The monoisotopic (exact) mass is 493 g/mol. The van der Waals surface area contributed by atoms with E-state index in [4.69, 9.17) is 27.9 Å². The van der Waals surface area contributed by atoms with Gasteiger partial charge in [0, 0.05) is 10.8 Å². The van der Waals surface area contributed by atoms with Crippen molar-refractivity contribution in [2.45, 2.75) is 16.3 Å². The number of ether oxygens (including phenoxy) is 1. The predicted molar refractivity (Wildman–Crippen MR) is 112 cm³/mol. The maximum Gasteiger partial charge on any atom is 0.416 e. The average Bonchev–Trinajstić information content (AvgIpc) is 3.12. The summed E-state index contributed by atoms with van der Waals surface area (Å²) in [5.74, 6) is 0.127. The van der Waals surface area contributed by atoms with Gasteiger partial charge in [-0.1, -0.05) is 64.5 Å². The van der Waals surface area contributed by atoms with Gasteiger partial charge in [0.15, 0.2) is 10.9 Å². The van der Waals surface area contributed by atoms with Crippen molar-refractivity contribution in [1.29, 1.82) is 0 Å². The third-order valence-corrected chi connectivity index (χ3v) is 6.10. The molecule has 30 heavy (non-hydrogen) atoms. The molecule has 3 rings (SSSR count). The molecule has 5 nitrogen and oxygen atoms in total. The number of hydrogen-bond acceptors (Lipinski definition) is 6. The summed E-state index contributed by atoms with van der Waals surface area (Å²) >= 11 is 14.1. The van der Waals surface area contributed by atoms with E-state index in [0.29, 0.717) is 20.7 Å². The van der Waals surface area contributed by atoms with Crippen LogP contribution < -0.4 is 10.1 Å². The Morgan fingerprint density at radius 2 is 1.97 bits per heavy atom. The van der Waals surface area contributed by atoms with Gasteiger partial charge in [-0.05, 0) is 29.8 Å². The molecule has 12 heteroatoms. The Labute approximate surface area is 187 Å². The van der Waals surface area contributed by atoms with E-state index in [-0.39, 0.29) is 22.5 Å². The molecule has 158 valence electrons. The quantitative estimate of drug-likeness (QED) is 0.314. The first-order valence-corrected chi connectivity index (χ1v) is 10.8. The number of alkyl halides is 3. The van der Waals surface area contributed by atoms with E-state index in [0.717, 1.165) is 23.5 Å². The van der Waals surface area contributed by atoms with Gasteiger partial charge < -0.3 is 4.74 Å². The summed E-state index contributed by atoms with van der Waals surface area (Å²) in [6.45, 7) is -0.298. The van der Waals surface area contributed by atoms with Crippen LogP contribution in [0.25, 0.3) is 0 Å². The van der Waals surface area contributed by atoms with Crippen LogP contribution in [0.5, 0.6) is 5.75 Å². The molecule has 1 aromatic heterocycles. The first-order valence-electron chi connectivity index (χ1n) is 8.21. The summed E-state index contributed by atoms with van der Waals surface area (Å²) in [4.78, 5) is 12.0. The van der Waals surface area contributed by atoms with Crippen molar-refractivity contribution in [3.8, 4) is 5.75 Å². The Morgan fingerprint density at radius 3 is 2.70 bits per heavy atom. The smallest absolute Gasteiger partial charge is 0.416 e. The molecule has 0 atom stereocenters. The Hall–Kier alpha value is -2.01. The van der Waals surface area contributed by atoms with Gasteiger partial charge in [-0.2, -0.15) is 13.2 Å². The van der Waals surface area contributed by atoms with E-state index >= 15 is 0 Å². The molecule has 0 fully saturated rings. The molecule has 0 saturated carbocycles. The van der Waals surface area contributed by atoms with Crippen LogP contribution in [0.4, 0.5) is 18.3 Å². The second-order valence-corrected chi connectivity index (χ2v) is 8.82. The van der Waals surface area contributed by atoms with Crippen LogP contribution in [-0.4, -0.2) is 22.7 Å². The molecule has 0 saturated heterocycles. The highest BCUT2D eigenvalue weighted by Gasteiger charge is 2.30. The molecule has 0 radical (unpaired) electrons. The minimum Gasteiger partial charge on any atom is -0.482 e. The van der Waals surface area contributed by atoms with Crippen molar-refractivity contribution in [2.75, 3.05) is 11.9 Å². The van der Waals surface area contributed by atoms with Crippen LogP contribution >= 0.6 is 46.3 Å². The summed E-state index contributed by atoms with van der Waals surface area (Å²) in [6.07, 6.45) is -4.39. The molecule has 0 bridgehead atoms. The lowest BCUT2D eigenvalue weighted by atomic mass is 10.1. The molecular formula is C18H12Cl2F3N3O2S2. The lowest BCUT2D eigenvalue weighted by Crippen LogP contribution is -2.20. The third-order valence-electron chi connectivity index (χ3n) is 3.52. The lowest BCUT2D eigenvalue weighted by molar-refractivity contribution is -0.137. The fraction of sp³-hybridized carbons (Fsp3) is 0.167. The zero-order chi connectivity index (χ0) is 21.7. The summed E-state index contributed by atoms with van der Waals surface area (Å²) in [5, 5.41) is 11.3. The molecule has 0 spiro atoms. The number of rotatable bonds is 7. The Balaban J connectivity index is 1.50. The molecule has 1 amide bonds. The van der Waals surface area contributed by atoms with E-state index < -0.39 is 17.6 Å². The third kappa shape index (κ3) is 6.49. The standard InChI is InChI=1S/C18H12Cl2F3N3O2S2/c19-12-4-5-14(13(20)7-12)28-8-15(27)24-16-25-26-17(30-16)29-9-10-2-1-3-11(6-10)18(21,22)23/h1-7H,8-9H2,(H,24,25,27). The van der Waals surface area contributed by atoms with Gasteiger partial charge >= 0.3 is 6.18 Å². The van der Waals surface area contributed by atoms with Crippen LogP contribution in [0.15, 0.2) is 46.8 Å². The molecule has 1 N–H and O–H groups in total. The maximum atomic E-state index is 12.8. The van der Waals surface area contributed by atoms with Crippen LogP contribution in [0.2, 0.25) is 10.0 Å². The molecule has 0 unspecified atom stereocenters. The van der Waals surface area contributed by atoms with Crippen LogP contribution in [0, 0.1) is 0 Å². The second kappa shape index (κ2) is 9.86.